The molecule has 0 spiro atoms. The first-order valence-electron chi connectivity index (χ1n) is 6.05. The molecular formula is C13H19N3O. The van der Waals surface area contributed by atoms with Gasteiger partial charge in [-0.2, -0.15) is 0 Å². The third-order valence-electron chi connectivity index (χ3n) is 3.63. The van der Waals surface area contributed by atoms with Gasteiger partial charge in [-0.1, -0.05) is 0 Å². The third kappa shape index (κ3) is 1.99. The van der Waals surface area contributed by atoms with Gasteiger partial charge in [0.2, 0.25) is 0 Å². The van der Waals surface area contributed by atoms with Gasteiger partial charge in [0.15, 0.2) is 0 Å². The van der Waals surface area contributed by atoms with E-state index in [1.807, 2.05) is 20.8 Å². The number of carbonyl (C=O) groups excluding carboxylic acids is 1. The molecule has 4 nitrogen and oxygen atoms in total. The molecule has 2 heterocycles. The number of hydrogen-bond acceptors (Lipinski definition) is 3. The highest BCUT2D eigenvalue weighted by molar-refractivity contribution is 5.99. The zero-order chi connectivity index (χ0) is 12.6. The van der Waals surface area contributed by atoms with Crippen molar-refractivity contribution in [2.45, 2.75) is 33.6 Å². The molecule has 0 aliphatic carbocycles. The van der Waals surface area contributed by atoms with Crippen LogP contribution in [0, 0.1) is 20.8 Å². The van der Waals surface area contributed by atoms with E-state index in [1.54, 1.807) is 0 Å². The zero-order valence-electron chi connectivity index (χ0n) is 10.7. The van der Waals surface area contributed by atoms with Crippen molar-refractivity contribution >= 4 is 11.7 Å². The Balaban J connectivity index is 2.60. The fourth-order valence-electron chi connectivity index (χ4n) is 2.38. The number of rotatable bonds is 2. The first kappa shape index (κ1) is 11.9. The number of pyridine rings is 1. The Morgan fingerprint density at radius 2 is 1.76 bits per heavy atom. The summed E-state index contributed by atoms with van der Waals surface area (Å²) in [5.74, 6) is 0.399. The minimum Gasteiger partial charge on any atom is -0.365 e. The molecule has 2 rings (SSSR count). The first-order valence-corrected chi connectivity index (χ1v) is 6.05. The summed E-state index contributed by atoms with van der Waals surface area (Å²) in [7, 11) is 0. The smallest absolute Gasteiger partial charge is 0.252 e. The molecular weight excluding hydrogens is 214 g/mol. The Labute approximate surface area is 102 Å². The summed E-state index contributed by atoms with van der Waals surface area (Å²) >= 11 is 0. The van der Waals surface area contributed by atoms with Gasteiger partial charge in [-0.3, -0.25) is 4.79 Å². The molecule has 17 heavy (non-hydrogen) atoms. The summed E-state index contributed by atoms with van der Waals surface area (Å²) in [4.78, 5) is 18.3. The highest BCUT2D eigenvalue weighted by Gasteiger charge is 2.23. The number of nitrogens with two attached hydrogens (primary N) is 1. The molecule has 0 bridgehead atoms. The number of anilines is 1. The van der Waals surface area contributed by atoms with E-state index in [0.717, 1.165) is 48.6 Å². The topological polar surface area (TPSA) is 59.2 Å². The summed E-state index contributed by atoms with van der Waals surface area (Å²) in [5.41, 5.74) is 9.09. The van der Waals surface area contributed by atoms with E-state index < -0.39 is 0 Å². The molecule has 1 fully saturated rings. The normalized spacial score (nSPS) is 15.4. The van der Waals surface area contributed by atoms with Crippen LogP contribution in [0.5, 0.6) is 0 Å². The molecule has 92 valence electrons. The molecule has 0 aromatic carbocycles. The molecule has 0 atom stereocenters. The van der Waals surface area contributed by atoms with Crippen molar-refractivity contribution in [3.63, 3.8) is 0 Å². The zero-order valence-corrected chi connectivity index (χ0v) is 10.7. The number of amides is 1. The number of primary amides is 1. The van der Waals surface area contributed by atoms with Gasteiger partial charge in [-0.25, -0.2) is 4.98 Å². The monoisotopic (exact) mass is 233 g/mol. The van der Waals surface area contributed by atoms with Crippen LogP contribution in [0.15, 0.2) is 0 Å². The summed E-state index contributed by atoms with van der Waals surface area (Å²) in [6.07, 6.45) is 2.32. The van der Waals surface area contributed by atoms with Crippen molar-refractivity contribution in [1.29, 1.82) is 0 Å². The number of hydrogen-bond donors (Lipinski definition) is 1. The Kier molecular flexibility index (Phi) is 3.05. The van der Waals surface area contributed by atoms with E-state index >= 15 is 0 Å². The molecule has 1 aromatic heterocycles. The quantitative estimate of drug-likeness (QED) is 0.846. The number of nitrogens with zero attached hydrogens (tertiary/aromatic N) is 2. The number of carbonyl (C=O) groups is 1. The lowest BCUT2D eigenvalue weighted by Crippen LogP contribution is -2.26. The Hall–Kier alpha value is -1.58. The second-order valence-corrected chi connectivity index (χ2v) is 4.70. The van der Waals surface area contributed by atoms with Crippen molar-refractivity contribution < 1.29 is 4.79 Å². The van der Waals surface area contributed by atoms with Crippen LogP contribution in [0.4, 0.5) is 5.82 Å². The molecule has 2 N–H and O–H groups in total. The minimum atomic E-state index is -0.375. The molecule has 4 heteroatoms. The first-order chi connectivity index (χ1) is 8.02. The van der Waals surface area contributed by atoms with Crippen LogP contribution in [-0.2, 0) is 0 Å². The summed E-state index contributed by atoms with van der Waals surface area (Å²) in [5, 5.41) is 0. The van der Waals surface area contributed by atoms with E-state index in [2.05, 4.69) is 9.88 Å². The van der Waals surface area contributed by atoms with E-state index in [1.165, 1.54) is 0 Å². The maximum atomic E-state index is 11.6. The van der Waals surface area contributed by atoms with Crippen LogP contribution in [-0.4, -0.2) is 24.0 Å². The SMILES string of the molecule is Cc1nc(N2CCCC2)c(C(N)=O)c(C)c1C. The second kappa shape index (κ2) is 4.35. The van der Waals surface area contributed by atoms with E-state index in [0.29, 0.717) is 5.56 Å². The van der Waals surface area contributed by atoms with Crippen LogP contribution in [0.3, 0.4) is 0 Å². The van der Waals surface area contributed by atoms with Gasteiger partial charge in [-0.15, -0.1) is 0 Å². The second-order valence-electron chi connectivity index (χ2n) is 4.70. The lowest BCUT2D eigenvalue weighted by atomic mass is 10.0. The number of aryl methyl sites for hydroxylation is 1. The highest BCUT2D eigenvalue weighted by Crippen LogP contribution is 2.27. The van der Waals surface area contributed by atoms with Crippen LogP contribution in [0.2, 0.25) is 0 Å². The van der Waals surface area contributed by atoms with Crippen molar-refractivity contribution in [2.75, 3.05) is 18.0 Å². The minimum absolute atomic E-state index is 0.375. The van der Waals surface area contributed by atoms with Crippen LogP contribution in [0.25, 0.3) is 0 Å². The number of aromatic nitrogens is 1. The van der Waals surface area contributed by atoms with Gasteiger partial charge in [0, 0.05) is 18.8 Å². The van der Waals surface area contributed by atoms with E-state index in [9.17, 15) is 4.79 Å². The lowest BCUT2D eigenvalue weighted by Gasteiger charge is -2.22. The maximum absolute atomic E-state index is 11.6. The van der Waals surface area contributed by atoms with Gasteiger partial charge in [0.1, 0.15) is 5.82 Å². The standard InChI is InChI=1S/C13H19N3O/c1-8-9(2)11(12(14)17)13(15-10(8)3)16-6-4-5-7-16/h4-7H2,1-3H3,(H2,14,17). The van der Waals surface area contributed by atoms with Crippen molar-refractivity contribution in [3.8, 4) is 0 Å². The van der Waals surface area contributed by atoms with Gasteiger partial charge in [-0.05, 0) is 44.7 Å². The fourth-order valence-corrected chi connectivity index (χ4v) is 2.38. The van der Waals surface area contributed by atoms with Gasteiger partial charge < -0.3 is 10.6 Å². The van der Waals surface area contributed by atoms with Crippen LogP contribution >= 0.6 is 0 Å². The van der Waals surface area contributed by atoms with Gasteiger partial charge in [0.25, 0.3) is 5.91 Å². The third-order valence-corrected chi connectivity index (χ3v) is 3.63. The summed E-state index contributed by atoms with van der Waals surface area (Å²) in [6, 6.07) is 0. The van der Waals surface area contributed by atoms with Crippen molar-refractivity contribution in [3.05, 3.63) is 22.4 Å². The fraction of sp³-hybridized carbons (Fsp3) is 0.538. The van der Waals surface area contributed by atoms with Gasteiger partial charge >= 0.3 is 0 Å². The molecule has 1 aliphatic heterocycles. The van der Waals surface area contributed by atoms with Gasteiger partial charge in [0.05, 0.1) is 5.56 Å². The lowest BCUT2D eigenvalue weighted by molar-refractivity contribution is 0.1000. The molecule has 1 aliphatic rings. The Bertz CT molecular complexity index is 462. The Morgan fingerprint density at radius 1 is 1.18 bits per heavy atom. The average molecular weight is 233 g/mol. The predicted octanol–water partition coefficient (Wildman–Crippen LogP) is 1.71. The van der Waals surface area contributed by atoms with Crippen molar-refractivity contribution in [1.82, 2.24) is 4.98 Å². The van der Waals surface area contributed by atoms with Crippen LogP contribution in [0.1, 0.15) is 40.0 Å². The van der Waals surface area contributed by atoms with E-state index in [-0.39, 0.29) is 5.91 Å². The largest absolute Gasteiger partial charge is 0.365 e. The molecule has 0 unspecified atom stereocenters. The van der Waals surface area contributed by atoms with E-state index in [4.69, 9.17) is 5.73 Å². The van der Waals surface area contributed by atoms with Crippen LogP contribution < -0.4 is 10.6 Å². The highest BCUT2D eigenvalue weighted by atomic mass is 16.1. The Morgan fingerprint density at radius 3 is 2.29 bits per heavy atom. The average Bonchev–Trinajstić information content (AvgIpc) is 2.77. The predicted molar refractivity (Wildman–Crippen MR) is 68.4 cm³/mol. The molecule has 0 radical (unpaired) electrons. The summed E-state index contributed by atoms with van der Waals surface area (Å²) in [6.45, 7) is 7.85. The summed E-state index contributed by atoms with van der Waals surface area (Å²) < 4.78 is 0. The molecule has 0 saturated carbocycles. The maximum Gasteiger partial charge on any atom is 0.252 e. The molecule has 1 amide bonds. The molecule has 1 aromatic rings. The van der Waals surface area contributed by atoms with Crippen molar-refractivity contribution in [2.24, 2.45) is 5.73 Å². The molecule has 1 saturated heterocycles.